The van der Waals surface area contributed by atoms with Crippen LogP contribution in [0.5, 0.6) is 0 Å². The fourth-order valence-electron chi connectivity index (χ4n) is 3.36. The normalized spacial score (nSPS) is 11.0. The molecule has 0 radical (unpaired) electrons. The number of hydrogen-bond acceptors (Lipinski definition) is 4. The van der Waals surface area contributed by atoms with Crippen molar-refractivity contribution in [1.29, 1.82) is 0 Å². The van der Waals surface area contributed by atoms with Crippen LogP contribution in [0, 0.1) is 0 Å². The minimum atomic E-state index is 0.359. The molecule has 1 heterocycles. The molecule has 0 spiro atoms. The summed E-state index contributed by atoms with van der Waals surface area (Å²) in [5, 5.41) is 11.7. The van der Waals surface area contributed by atoms with E-state index in [1.165, 1.54) is 11.1 Å². The third-order valence-electron chi connectivity index (χ3n) is 4.78. The molecule has 0 amide bonds. The molecule has 4 nitrogen and oxygen atoms in total. The molecule has 0 saturated carbocycles. The smallest absolute Gasteiger partial charge is 0.247 e. The monoisotopic (exact) mass is 369 g/mol. The SMILES string of the molecule is c1ccc(-c2nnc(CNCCC(c3ccccc3)c3ccccc3)o2)cc1. The van der Waals surface area contributed by atoms with Gasteiger partial charge in [0, 0.05) is 11.5 Å². The van der Waals surface area contributed by atoms with E-state index in [0.717, 1.165) is 18.5 Å². The van der Waals surface area contributed by atoms with E-state index in [9.17, 15) is 0 Å². The van der Waals surface area contributed by atoms with Gasteiger partial charge >= 0.3 is 0 Å². The molecule has 0 unspecified atom stereocenters. The Hall–Kier alpha value is -3.24. The molecule has 3 aromatic carbocycles. The predicted octanol–water partition coefficient (Wildman–Crippen LogP) is 5.05. The Bertz CT molecular complexity index is 929. The zero-order valence-electron chi connectivity index (χ0n) is 15.7. The van der Waals surface area contributed by atoms with E-state index in [0.29, 0.717) is 24.2 Å². The van der Waals surface area contributed by atoms with E-state index in [2.05, 4.69) is 76.2 Å². The first-order chi connectivity index (χ1) is 13.9. The Morgan fingerprint density at radius 3 is 1.89 bits per heavy atom. The summed E-state index contributed by atoms with van der Waals surface area (Å²) in [6.45, 7) is 1.42. The molecular formula is C24H23N3O. The van der Waals surface area contributed by atoms with Gasteiger partial charge in [0.05, 0.1) is 6.54 Å². The second-order valence-electron chi connectivity index (χ2n) is 6.71. The lowest BCUT2D eigenvalue weighted by Crippen LogP contribution is -2.18. The van der Waals surface area contributed by atoms with Gasteiger partial charge in [0.15, 0.2) is 0 Å². The number of nitrogens with zero attached hydrogens (tertiary/aromatic N) is 2. The van der Waals surface area contributed by atoms with E-state index in [1.54, 1.807) is 0 Å². The number of hydrogen-bond donors (Lipinski definition) is 1. The molecule has 0 saturated heterocycles. The van der Waals surface area contributed by atoms with Crippen molar-refractivity contribution in [2.24, 2.45) is 0 Å². The number of rotatable bonds is 8. The Kier molecular flexibility index (Phi) is 5.90. The molecule has 28 heavy (non-hydrogen) atoms. The lowest BCUT2D eigenvalue weighted by atomic mass is 9.88. The van der Waals surface area contributed by atoms with Gasteiger partial charge in [-0.05, 0) is 36.2 Å². The van der Waals surface area contributed by atoms with Crippen LogP contribution >= 0.6 is 0 Å². The fourth-order valence-corrected chi connectivity index (χ4v) is 3.36. The molecule has 4 rings (SSSR count). The highest BCUT2D eigenvalue weighted by Crippen LogP contribution is 2.27. The molecule has 1 N–H and O–H groups in total. The average Bonchev–Trinajstić information content (AvgIpc) is 3.25. The molecule has 4 aromatic rings. The van der Waals surface area contributed by atoms with Crippen molar-refractivity contribution in [1.82, 2.24) is 15.5 Å². The van der Waals surface area contributed by atoms with Crippen molar-refractivity contribution in [3.05, 3.63) is 108 Å². The summed E-state index contributed by atoms with van der Waals surface area (Å²) >= 11 is 0. The van der Waals surface area contributed by atoms with Gasteiger partial charge < -0.3 is 9.73 Å². The Balaban J connectivity index is 1.36. The Labute approximate surface area is 165 Å². The Morgan fingerprint density at radius 2 is 1.29 bits per heavy atom. The molecule has 0 bridgehead atoms. The summed E-state index contributed by atoms with van der Waals surface area (Å²) in [7, 11) is 0. The fraction of sp³-hybridized carbons (Fsp3) is 0.167. The van der Waals surface area contributed by atoms with Crippen LogP contribution in [0.25, 0.3) is 11.5 Å². The first-order valence-electron chi connectivity index (χ1n) is 9.58. The van der Waals surface area contributed by atoms with Gasteiger partial charge in [-0.3, -0.25) is 0 Å². The van der Waals surface area contributed by atoms with E-state index in [1.807, 2.05) is 30.3 Å². The van der Waals surface area contributed by atoms with Crippen LogP contribution < -0.4 is 5.32 Å². The zero-order chi connectivity index (χ0) is 19.0. The molecule has 0 aliphatic rings. The van der Waals surface area contributed by atoms with Gasteiger partial charge in [0.25, 0.3) is 0 Å². The maximum Gasteiger partial charge on any atom is 0.247 e. The van der Waals surface area contributed by atoms with Gasteiger partial charge in [-0.15, -0.1) is 10.2 Å². The third kappa shape index (κ3) is 4.53. The van der Waals surface area contributed by atoms with Crippen molar-refractivity contribution in [2.75, 3.05) is 6.54 Å². The second kappa shape index (κ2) is 9.11. The molecule has 0 aliphatic carbocycles. The first-order valence-corrected chi connectivity index (χ1v) is 9.58. The van der Waals surface area contributed by atoms with E-state index >= 15 is 0 Å². The van der Waals surface area contributed by atoms with Crippen LogP contribution in [0.15, 0.2) is 95.4 Å². The molecule has 0 aliphatic heterocycles. The quantitative estimate of drug-likeness (QED) is 0.442. The van der Waals surface area contributed by atoms with Gasteiger partial charge in [-0.1, -0.05) is 78.9 Å². The summed E-state index contributed by atoms with van der Waals surface area (Å²) < 4.78 is 5.76. The zero-order valence-corrected chi connectivity index (χ0v) is 15.7. The first kappa shape index (κ1) is 18.1. The second-order valence-corrected chi connectivity index (χ2v) is 6.71. The largest absolute Gasteiger partial charge is 0.419 e. The molecular weight excluding hydrogens is 346 g/mol. The molecule has 0 fully saturated rings. The van der Waals surface area contributed by atoms with Crippen molar-refractivity contribution < 1.29 is 4.42 Å². The van der Waals surface area contributed by atoms with Gasteiger partial charge in [-0.25, -0.2) is 0 Å². The van der Waals surface area contributed by atoms with Crippen molar-refractivity contribution in [3.63, 3.8) is 0 Å². The van der Waals surface area contributed by atoms with E-state index in [-0.39, 0.29) is 0 Å². The maximum atomic E-state index is 5.76. The summed E-state index contributed by atoms with van der Waals surface area (Å²) in [6, 6.07) is 31.1. The lowest BCUT2D eigenvalue weighted by Gasteiger charge is -2.18. The number of aromatic nitrogens is 2. The summed E-state index contributed by atoms with van der Waals surface area (Å²) in [6.07, 6.45) is 0.994. The highest BCUT2D eigenvalue weighted by atomic mass is 16.4. The molecule has 4 heteroatoms. The average molecular weight is 369 g/mol. The minimum Gasteiger partial charge on any atom is -0.419 e. The van der Waals surface area contributed by atoms with Crippen molar-refractivity contribution in [3.8, 4) is 11.5 Å². The van der Waals surface area contributed by atoms with E-state index < -0.39 is 0 Å². The predicted molar refractivity (Wildman–Crippen MR) is 111 cm³/mol. The summed E-state index contributed by atoms with van der Waals surface area (Å²) in [5.74, 6) is 1.52. The number of benzene rings is 3. The Morgan fingerprint density at radius 1 is 0.714 bits per heavy atom. The highest BCUT2D eigenvalue weighted by Gasteiger charge is 2.14. The van der Waals surface area contributed by atoms with Crippen molar-refractivity contribution in [2.45, 2.75) is 18.9 Å². The van der Waals surface area contributed by atoms with Gasteiger partial charge in [0.1, 0.15) is 0 Å². The van der Waals surface area contributed by atoms with Crippen molar-refractivity contribution >= 4 is 0 Å². The van der Waals surface area contributed by atoms with Crippen LogP contribution in [0.3, 0.4) is 0 Å². The highest BCUT2D eigenvalue weighted by molar-refractivity contribution is 5.51. The lowest BCUT2D eigenvalue weighted by molar-refractivity contribution is 0.472. The summed E-state index contributed by atoms with van der Waals surface area (Å²) in [5.41, 5.74) is 3.61. The van der Waals surface area contributed by atoms with Crippen LogP contribution in [0.2, 0.25) is 0 Å². The maximum absolute atomic E-state index is 5.76. The topological polar surface area (TPSA) is 51.0 Å². The standard InChI is InChI=1S/C24H23N3O/c1-4-10-19(11-5-1)22(20-12-6-2-7-13-20)16-17-25-18-23-26-27-24(28-23)21-14-8-3-9-15-21/h1-15,22,25H,16-18H2. The van der Waals surface area contributed by atoms with Crippen LogP contribution in [-0.4, -0.2) is 16.7 Å². The molecule has 140 valence electrons. The minimum absolute atomic E-state index is 0.359. The van der Waals surface area contributed by atoms with Gasteiger partial charge in [0.2, 0.25) is 11.8 Å². The molecule has 0 atom stereocenters. The number of nitrogens with one attached hydrogen (secondary N) is 1. The summed E-state index contributed by atoms with van der Waals surface area (Å²) in [4.78, 5) is 0. The van der Waals surface area contributed by atoms with Crippen LogP contribution in [-0.2, 0) is 6.54 Å². The third-order valence-corrected chi connectivity index (χ3v) is 4.78. The van der Waals surface area contributed by atoms with Gasteiger partial charge in [-0.2, -0.15) is 0 Å². The van der Waals surface area contributed by atoms with Crippen LogP contribution in [0.4, 0.5) is 0 Å². The van der Waals surface area contributed by atoms with Crippen LogP contribution in [0.1, 0.15) is 29.4 Å². The van der Waals surface area contributed by atoms with E-state index in [4.69, 9.17) is 4.42 Å². The molecule has 1 aromatic heterocycles.